The Morgan fingerprint density at radius 3 is 2.66 bits per heavy atom. The van der Waals surface area contributed by atoms with Gasteiger partial charge in [-0.05, 0) is 36.8 Å². The Labute approximate surface area is 220 Å². The number of hydrogen-bond donors (Lipinski definition) is 3. The van der Waals surface area contributed by atoms with Crippen LogP contribution >= 0.6 is 0 Å². The van der Waals surface area contributed by atoms with Crippen molar-refractivity contribution in [2.24, 2.45) is 5.92 Å². The van der Waals surface area contributed by atoms with Gasteiger partial charge in [-0.15, -0.1) is 0 Å². The number of β-amino-alcohol motifs (C(OH)–C–C–N with tert-alkyl or cyclic N) is 1. The van der Waals surface area contributed by atoms with Crippen molar-refractivity contribution in [3.05, 3.63) is 53.5 Å². The van der Waals surface area contributed by atoms with Crippen LogP contribution in [-0.2, 0) is 22.6 Å². The molecule has 0 bridgehead atoms. The average molecular weight is 525 g/mol. The number of nitrogens with one attached hydrogen (secondary N) is 2. The molecule has 3 aliphatic rings. The number of Topliss-reactive ketones (excluding diaryl/α,β-unsaturated/α-hetero) is 1. The molecule has 2 unspecified atom stereocenters. The molecule has 3 N–H and O–H groups in total. The Kier molecular flexibility index (Phi) is 7.94. The van der Waals surface area contributed by atoms with Gasteiger partial charge in [0, 0.05) is 44.7 Å². The van der Waals surface area contributed by atoms with Crippen LogP contribution in [0.15, 0.2) is 36.7 Å². The first-order valence-corrected chi connectivity index (χ1v) is 13.2. The molecule has 1 aromatic carbocycles. The van der Waals surface area contributed by atoms with Crippen LogP contribution in [0, 0.1) is 5.92 Å². The normalized spacial score (nSPS) is 22.3. The number of amides is 2. The fraction of sp³-hybridized carbons (Fsp3) is 0.519. The molecular formula is C27H33FN6O4. The highest BCUT2D eigenvalue weighted by Crippen LogP contribution is 2.31. The summed E-state index contributed by atoms with van der Waals surface area (Å²) in [7, 11) is 0. The summed E-state index contributed by atoms with van der Waals surface area (Å²) in [4.78, 5) is 48.5. The number of alkyl halides is 1. The molecule has 11 heteroatoms. The maximum atomic E-state index is 14.8. The molecular weight excluding hydrogens is 491 g/mol. The number of fused-ring (bicyclic) bond motifs is 1. The highest BCUT2D eigenvalue weighted by molar-refractivity contribution is 6.37. The van der Waals surface area contributed by atoms with Crippen molar-refractivity contribution in [1.29, 1.82) is 0 Å². The lowest BCUT2D eigenvalue weighted by atomic mass is 10.00. The number of carbonyl (C=O) groups is 3. The molecule has 3 heterocycles. The highest BCUT2D eigenvalue weighted by atomic mass is 19.1. The molecule has 38 heavy (non-hydrogen) atoms. The van der Waals surface area contributed by atoms with E-state index in [1.54, 1.807) is 0 Å². The topological polar surface area (TPSA) is 128 Å². The highest BCUT2D eigenvalue weighted by Gasteiger charge is 2.39. The number of likely N-dealkylation sites (tertiary alicyclic amines) is 1. The Morgan fingerprint density at radius 2 is 1.89 bits per heavy atom. The number of aromatic nitrogens is 2. The number of hydrogen-bond acceptors (Lipinski definition) is 8. The Morgan fingerprint density at radius 1 is 1.11 bits per heavy atom. The SMILES string of the molecule is O=C(NC[C@H](O)CN1CCc2ccccc2C1)c1cc(NC2CCN(C(=O)C(=O)C3CC3)CC2F)ncn1. The number of aliphatic hydroxyl groups is 1. The zero-order valence-electron chi connectivity index (χ0n) is 21.2. The Hall–Kier alpha value is -3.44. The zero-order valence-corrected chi connectivity index (χ0v) is 21.2. The largest absolute Gasteiger partial charge is 0.390 e. The summed E-state index contributed by atoms with van der Waals surface area (Å²) in [5.74, 6) is -1.37. The molecule has 1 aromatic heterocycles. The minimum atomic E-state index is -1.39. The average Bonchev–Trinajstić information content (AvgIpc) is 3.78. The van der Waals surface area contributed by atoms with Crippen LogP contribution in [-0.4, -0.2) is 93.5 Å². The van der Waals surface area contributed by atoms with E-state index in [2.05, 4.69) is 37.6 Å². The number of piperidine rings is 1. The van der Waals surface area contributed by atoms with E-state index in [-0.39, 0.29) is 31.2 Å². The summed E-state index contributed by atoms with van der Waals surface area (Å²) in [6.07, 6.45) is 1.80. The molecule has 0 spiro atoms. The van der Waals surface area contributed by atoms with Gasteiger partial charge >= 0.3 is 0 Å². The summed E-state index contributed by atoms with van der Waals surface area (Å²) >= 11 is 0. The van der Waals surface area contributed by atoms with Crippen molar-refractivity contribution >= 4 is 23.4 Å². The second-order valence-electron chi connectivity index (χ2n) is 10.4. The number of ketones is 1. The summed E-state index contributed by atoms with van der Waals surface area (Å²) in [6.45, 7) is 2.24. The minimum Gasteiger partial charge on any atom is -0.390 e. The summed E-state index contributed by atoms with van der Waals surface area (Å²) in [5, 5.41) is 16.2. The van der Waals surface area contributed by atoms with Gasteiger partial charge < -0.3 is 20.6 Å². The van der Waals surface area contributed by atoms with Gasteiger partial charge in [0.05, 0.1) is 18.7 Å². The van der Waals surface area contributed by atoms with Gasteiger partial charge in [-0.2, -0.15) is 0 Å². The van der Waals surface area contributed by atoms with Gasteiger partial charge in [0.1, 0.15) is 24.0 Å². The third-order valence-electron chi connectivity index (χ3n) is 7.40. The molecule has 1 aliphatic carbocycles. The van der Waals surface area contributed by atoms with E-state index in [0.717, 1.165) is 32.4 Å². The maximum Gasteiger partial charge on any atom is 0.290 e. The van der Waals surface area contributed by atoms with Crippen LogP contribution in [0.5, 0.6) is 0 Å². The third-order valence-corrected chi connectivity index (χ3v) is 7.40. The van der Waals surface area contributed by atoms with Gasteiger partial charge in [-0.3, -0.25) is 19.3 Å². The van der Waals surface area contributed by atoms with E-state index in [4.69, 9.17) is 0 Å². The molecule has 2 aliphatic heterocycles. The first-order chi connectivity index (χ1) is 18.4. The lowest BCUT2D eigenvalue weighted by Gasteiger charge is -2.35. The Bertz CT molecular complexity index is 1190. The molecule has 2 fully saturated rings. The van der Waals surface area contributed by atoms with E-state index in [1.807, 2.05) is 12.1 Å². The monoisotopic (exact) mass is 524 g/mol. The predicted octanol–water partition coefficient (Wildman–Crippen LogP) is 0.956. The standard InChI is InChI=1S/C27H33FN6O4/c28-21-15-34(27(38)25(36)18-5-6-18)10-8-22(21)32-24-11-23(30-16-31-24)26(37)29-12-20(35)14-33-9-7-17-3-1-2-4-19(17)13-33/h1-4,11,16,18,20-22,35H,5-10,12-15H2,(H,29,37)(H,30,31,32)/t20-,21?,22?/m0/s1. The van der Waals surface area contributed by atoms with Crippen LogP contribution in [0.3, 0.4) is 0 Å². The molecule has 1 saturated heterocycles. The molecule has 1 saturated carbocycles. The van der Waals surface area contributed by atoms with Crippen molar-refractivity contribution in [3.8, 4) is 0 Å². The molecule has 202 valence electrons. The smallest absolute Gasteiger partial charge is 0.290 e. The maximum absolute atomic E-state index is 14.8. The zero-order chi connectivity index (χ0) is 26.6. The fourth-order valence-corrected chi connectivity index (χ4v) is 5.05. The van der Waals surface area contributed by atoms with Crippen LogP contribution in [0.25, 0.3) is 0 Å². The van der Waals surface area contributed by atoms with Crippen molar-refractivity contribution in [3.63, 3.8) is 0 Å². The number of nitrogens with zero attached hydrogens (tertiary/aromatic N) is 4. The first kappa shape index (κ1) is 26.2. The second kappa shape index (κ2) is 11.5. The molecule has 2 amide bonds. The molecule has 0 radical (unpaired) electrons. The van der Waals surface area contributed by atoms with Gasteiger partial charge in [0.15, 0.2) is 0 Å². The summed E-state index contributed by atoms with van der Waals surface area (Å²) in [6, 6.07) is 9.10. The summed E-state index contributed by atoms with van der Waals surface area (Å²) < 4.78 is 14.8. The lowest BCUT2D eigenvalue weighted by molar-refractivity contribution is -0.146. The van der Waals surface area contributed by atoms with Crippen molar-refractivity contribution in [1.82, 2.24) is 25.1 Å². The van der Waals surface area contributed by atoms with E-state index in [9.17, 15) is 23.9 Å². The van der Waals surface area contributed by atoms with E-state index < -0.39 is 35.9 Å². The third kappa shape index (κ3) is 6.33. The van der Waals surface area contributed by atoms with E-state index in [0.29, 0.717) is 18.8 Å². The molecule has 10 nitrogen and oxygen atoms in total. The number of benzene rings is 1. The van der Waals surface area contributed by atoms with E-state index in [1.165, 1.54) is 28.4 Å². The van der Waals surface area contributed by atoms with Gasteiger partial charge in [0.25, 0.3) is 11.8 Å². The van der Waals surface area contributed by atoms with Crippen LogP contribution in [0.4, 0.5) is 10.2 Å². The first-order valence-electron chi connectivity index (χ1n) is 13.2. The van der Waals surface area contributed by atoms with Crippen molar-refractivity contribution in [2.75, 3.05) is 38.0 Å². The molecule has 5 rings (SSSR count). The quantitative estimate of drug-likeness (QED) is 0.414. The number of carbonyl (C=O) groups excluding carboxylic acids is 3. The van der Waals surface area contributed by atoms with Gasteiger partial charge in [0.2, 0.25) is 5.78 Å². The fourth-order valence-electron chi connectivity index (χ4n) is 5.05. The molecule has 2 aromatic rings. The lowest BCUT2D eigenvalue weighted by Crippen LogP contribution is -2.51. The van der Waals surface area contributed by atoms with E-state index >= 15 is 0 Å². The van der Waals surface area contributed by atoms with Gasteiger partial charge in [-0.1, -0.05) is 24.3 Å². The summed E-state index contributed by atoms with van der Waals surface area (Å²) in [5.41, 5.74) is 2.69. The predicted molar refractivity (Wildman–Crippen MR) is 137 cm³/mol. The minimum absolute atomic E-state index is 0.0718. The second-order valence-corrected chi connectivity index (χ2v) is 10.4. The molecule has 3 atom stereocenters. The van der Waals surface area contributed by atoms with Crippen LogP contribution in [0.2, 0.25) is 0 Å². The van der Waals surface area contributed by atoms with Crippen LogP contribution in [0.1, 0.15) is 40.9 Å². The Balaban J connectivity index is 1.08. The van der Waals surface area contributed by atoms with Gasteiger partial charge in [-0.25, -0.2) is 14.4 Å². The van der Waals surface area contributed by atoms with Crippen molar-refractivity contribution in [2.45, 2.75) is 50.5 Å². The number of rotatable bonds is 9. The number of aliphatic hydroxyl groups excluding tert-OH is 1. The van der Waals surface area contributed by atoms with Crippen molar-refractivity contribution < 1.29 is 23.9 Å². The number of anilines is 1. The number of halogens is 1. The van der Waals surface area contributed by atoms with Crippen LogP contribution < -0.4 is 10.6 Å².